The van der Waals surface area contributed by atoms with Gasteiger partial charge in [-0.1, -0.05) is 6.92 Å². The van der Waals surface area contributed by atoms with Crippen molar-refractivity contribution in [2.45, 2.75) is 33.3 Å². The fraction of sp³-hybridized carbons (Fsp3) is 0.833. The van der Waals surface area contributed by atoms with E-state index in [1.165, 1.54) is 11.8 Å². The molecule has 0 radical (unpaired) electrons. The number of carbonyl (C=O) groups excluding carboxylic acids is 2. The van der Waals surface area contributed by atoms with Gasteiger partial charge in [0.15, 0.2) is 0 Å². The van der Waals surface area contributed by atoms with Gasteiger partial charge >= 0.3 is 11.9 Å². The van der Waals surface area contributed by atoms with Crippen LogP contribution in [-0.4, -0.2) is 48.4 Å². The van der Waals surface area contributed by atoms with Crippen LogP contribution in [0.2, 0.25) is 0 Å². The molecule has 106 valence electrons. The molecule has 1 atom stereocenters. The fourth-order valence-corrected chi connectivity index (χ4v) is 1.23. The average molecular weight is 278 g/mol. The SMILES string of the molecule is CCC(C)(C)C(=O)OCC(O)COC(=O)CSC. The molecule has 18 heavy (non-hydrogen) atoms. The Morgan fingerprint density at radius 3 is 2.33 bits per heavy atom. The van der Waals surface area contributed by atoms with Gasteiger partial charge in [0.05, 0.1) is 11.2 Å². The minimum atomic E-state index is -0.979. The first-order chi connectivity index (χ1) is 8.33. The highest BCUT2D eigenvalue weighted by Crippen LogP contribution is 2.21. The topological polar surface area (TPSA) is 72.8 Å². The van der Waals surface area contributed by atoms with E-state index in [4.69, 9.17) is 9.47 Å². The second-order valence-corrected chi connectivity index (χ2v) is 5.47. The smallest absolute Gasteiger partial charge is 0.315 e. The molecule has 0 rings (SSSR count). The highest BCUT2D eigenvalue weighted by molar-refractivity contribution is 7.99. The third-order valence-electron chi connectivity index (χ3n) is 2.54. The number of aliphatic hydroxyl groups excluding tert-OH is 1. The highest BCUT2D eigenvalue weighted by Gasteiger charge is 2.27. The lowest BCUT2D eigenvalue weighted by Crippen LogP contribution is -2.31. The summed E-state index contributed by atoms with van der Waals surface area (Å²) in [6.07, 6.45) is 1.46. The number of hydrogen-bond acceptors (Lipinski definition) is 6. The van der Waals surface area contributed by atoms with Crippen molar-refractivity contribution in [1.29, 1.82) is 0 Å². The van der Waals surface area contributed by atoms with Crippen molar-refractivity contribution in [3.63, 3.8) is 0 Å². The van der Waals surface area contributed by atoms with Crippen LogP contribution in [0.4, 0.5) is 0 Å². The predicted octanol–water partition coefficient (Wildman–Crippen LogP) is 1.23. The third-order valence-corrected chi connectivity index (χ3v) is 3.07. The number of carbonyl (C=O) groups is 2. The number of hydrogen-bond donors (Lipinski definition) is 1. The zero-order chi connectivity index (χ0) is 14.2. The number of rotatable bonds is 8. The van der Waals surface area contributed by atoms with E-state index in [1.807, 2.05) is 6.92 Å². The van der Waals surface area contributed by atoms with Crippen LogP contribution in [0.3, 0.4) is 0 Å². The lowest BCUT2D eigenvalue weighted by Gasteiger charge is -2.21. The van der Waals surface area contributed by atoms with Crippen molar-refractivity contribution in [3.8, 4) is 0 Å². The molecular weight excluding hydrogens is 256 g/mol. The minimum Gasteiger partial charge on any atom is -0.462 e. The monoisotopic (exact) mass is 278 g/mol. The second kappa shape index (κ2) is 8.37. The molecule has 5 nitrogen and oxygen atoms in total. The van der Waals surface area contributed by atoms with Gasteiger partial charge in [0.25, 0.3) is 0 Å². The summed E-state index contributed by atoms with van der Waals surface area (Å²) in [5, 5.41) is 9.49. The fourth-order valence-electron chi connectivity index (χ4n) is 0.908. The first kappa shape index (κ1) is 17.2. The zero-order valence-corrected chi connectivity index (χ0v) is 12.2. The van der Waals surface area contributed by atoms with E-state index in [-0.39, 0.29) is 30.9 Å². The first-order valence-electron chi connectivity index (χ1n) is 5.83. The van der Waals surface area contributed by atoms with Crippen LogP contribution in [0.15, 0.2) is 0 Å². The second-order valence-electron chi connectivity index (χ2n) is 4.61. The summed E-state index contributed by atoms with van der Waals surface area (Å²) >= 11 is 1.34. The quantitative estimate of drug-likeness (QED) is 0.673. The van der Waals surface area contributed by atoms with Crippen molar-refractivity contribution in [3.05, 3.63) is 0 Å². The van der Waals surface area contributed by atoms with Crippen LogP contribution < -0.4 is 0 Å². The molecule has 1 N–H and O–H groups in total. The number of aliphatic hydroxyl groups is 1. The van der Waals surface area contributed by atoms with E-state index in [2.05, 4.69) is 0 Å². The van der Waals surface area contributed by atoms with E-state index in [0.29, 0.717) is 6.42 Å². The zero-order valence-electron chi connectivity index (χ0n) is 11.4. The van der Waals surface area contributed by atoms with Crippen molar-refractivity contribution in [2.75, 3.05) is 25.2 Å². The van der Waals surface area contributed by atoms with E-state index in [9.17, 15) is 14.7 Å². The lowest BCUT2D eigenvalue weighted by molar-refractivity contribution is -0.159. The van der Waals surface area contributed by atoms with Gasteiger partial charge < -0.3 is 14.6 Å². The van der Waals surface area contributed by atoms with E-state index in [0.717, 1.165) is 0 Å². The van der Waals surface area contributed by atoms with Crippen LogP contribution in [-0.2, 0) is 19.1 Å². The van der Waals surface area contributed by atoms with Gasteiger partial charge in [0, 0.05) is 0 Å². The molecule has 0 aromatic carbocycles. The molecule has 0 spiro atoms. The Bertz CT molecular complexity index is 278. The Morgan fingerprint density at radius 1 is 1.28 bits per heavy atom. The maximum absolute atomic E-state index is 11.6. The van der Waals surface area contributed by atoms with Gasteiger partial charge in [-0.05, 0) is 26.5 Å². The molecule has 0 aliphatic heterocycles. The normalized spacial score (nSPS) is 12.9. The van der Waals surface area contributed by atoms with Crippen LogP contribution in [0.25, 0.3) is 0 Å². The Morgan fingerprint density at radius 2 is 1.83 bits per heavy atom. The molecule has 0 fully saturated rings. The van der Waals surface area contributed by atoms with E-state index >= 15 is 0 Å². The molecule has 1 unspecified atom stereocenters. The maximum atomic E-state index is 11.6. The van der Waals surface area contributed by atoms with Gasteiger partial charge in [-0.25, -0.2) is 0 Å². The van der Waals surface area contributed by atoms with Crippen molar-refractivity contribution >= 4 is 23.7 Å². The summed E-state index contributed by atoms with van der Waals surface area (Å²) in [5.74, 6) is -0.503. The highest BCUT2D eigenvalue weighted by atomic mass is 32.2. The third kappa shape index (κ3) is 6.86. The summed E-state index contributed by atoms with van der Waals surface area (Å²) < 4.78 is 9.75. The molecule has 0 amide bonds. The van der Waals surface area contributed by atoms with Gasteiger partial charge in [-0.2, -0.15) is 11.8 Å². The summed E-state index contributed by atoms with van der Waals surface area (Å²) in [7, 11) is 0. The Balaban J connectivity index is 3.87. The molecule has 0 saturated heterocycles. The molecular formula is C12H22O5S. The molecule has 0 aliphatic carbocycles. The predicted molar refractivity (Wildman–Crippen MR) is 70.4 cm³/mol. The van der Waals surface area contributed by atoms with Crippen molar-refractivity contribution in [1.82, 2.24) is 0 Å². The molecule has 0 aliphatic rings. The number of thioether (sulfide) groups is 1. The summed E-state index contributed by atoms with van der Waals surface area (Å²) in [6, 6.07) is 0. The van der Waals surface area contributed by atoms with Crippen LogP contribution >= 0.6 is 11.8 Å². The van der Waals surface area contributed by atoms with E-state index < -0.39 is 11.5 Å². The van der Waals surface area contributed by atoms with Gasteiger partial charge in [-0.3, -0.25) is 9.59 Å². The minimum absolute atomic E-state index is 0.154. The average Bonchev–Trinajstić information content (AvgIpc) is 2.33. The number of esters is 2. The van der Waals surface area contributed by atoms with Crippen molar-refractivity contribution < 1.29 is 24.2 Å². The summed E-state index contributed by atoms with van der Waals surface area (Å²) in [6.45, 7) is 5.14. The largest absolute Gasteiger partial charge is 0.462 e. The summed E-state index contributed by atoms with van der Waals surface area (Å²) in [5.41, 5.74) is -0.560. The maximum Gasteiger partial charge on any atom is 0.315 e. The van der Waals surface area contributed by atoms with Gasteiger partial charge in [0.2, 0.25) is 0 Å². The molecule has 0 aromatic rings. The van der Waals surface area contributed by atoms with Gasteiger partial charge in [-0.15, -0.1) is 0 Å². The van der Waals surface area contributed by atoms with E-state index in [1.54, 1.807) is 20.1 Å². The van der Waals surface area contributed by atoms with Crippen LogP contribution in [0.1, 0.15) is 27.2 Å². The lowest BCUT2D eigenvalue weighted by atomic mass is 9.91. The molecule has 0 bridgehead atoms. The van der Waals surface area contributed by atoms with Crippen molar-refractivity contribution in [2.24, 2.45) is 5.41 Å². The summed E-state index contributed by atoms with van der Waals surface area (Å²) in [4.78, 5) is 22.6. The van der Waals surface area contributed by atoms with Gasteiger partial charge in [0.1, 0.15) is 19.3 Å². The molecule has 0 aromatic heterocycles. The molecule has 6 heteroatoms. The number of ether oxygens (including phenoxy) is 2. The van der Waals surface area contributed by atoms with Crippen LogP contribution in [0, 0.1) is 5.41 Å². The Kier molecular flexibility index (Phi) is 8.02. The molecule has 0 heterocycles. The Hall–Kier alpha value is -0.750. The molecule has 0 saturated carbocycles. The van der Waals surface area contributed by atoms with Crippen LogP contribution in [0.5, 0.6) is 0 Å². The standard InChI is InChI=1S/C12H22O5S/c1-5-12(2,3)11(15)17-7-9(13)6-16-10(14)8-18-4/h9,13H,5-8H2,1-4H3. The first-order valence-corrected chi connectivity index (χ1v) is 7.22. The Labute approximate surface area is 112 Å².